The van der Waals surface area contributed by atoms with Crippen LogP contribution in [-0.4, -0.2) is 52.3 Å². The van der Waals surface area contributed by atoms with E-state index in [-0.39, 0.29) is 0 Å². The van der Waals surface area contributed by atoms with E-state index >= 15 is 0 Å². The van der Waals surface area contributed by atoms with E-state index < -0.39 is 8.72 Å². The number of nitrogens with zero attached hydrogens (tertiary/aromatic N) is 1. The molecule has 2 aliphatic heterocycles. The molecule has 4 aliphatic rings. The summed E-state index contributed by atoms with van der Waals surface area (Å²) in [5.41, 5.74) is 0.447. The molecule has 5 unspecified atom stereocenters. The first kappa shape index (κ1) is 18.4. The van der Waals surface area contributed by atoms with Gasteiger partial charge in [0.1, 0.15) is 0 Å². The smallest absolute Gasteiger partial charge is 0.385 e. The maximum absolute atomic E-state index is 6.44. The fourth-order valence-corrected chi connectivity index (χ4v) is 10.9. The molecule has 0 amide bonds. The van der Waals surface area contributed by atoms with Crippen LogP contribution in [0.25, 0.3) is 0 Å². The van der Waals surface area contributed by atoms with Gasteiger partial charge in [0.2, 0.25) is 0 Å². The molecule has 0 bridgehead atoms. The Morgan fingerprint density at radius 1 is 0.800 bits per heavy atom. The lowest BCUT2D eigenvalue weighted by Gasteiger charge is -2.55. The predicted molar refractivity (Wildman–Crippen MR) is 103 cm³/mol. The fourth-order valence-electron chi connectivity index (χ4n) is 6.77. The van der Waals surface area contributed by atoms with Gasteiger partial charge >= 0.3 is 8.72 Å². The van der Waals surface area contributed by atoms with Gasteiger partial charge in [-0.1, -0.05) is 32.1 Å². The van der Waals surface area contributed by atoms with Crippen LogP contribution in [0.15, 0.2) is 0 Å². The summed E-state index contributed by atoms with van der Waals surface area (Å²) in [6, 6.07) is 0.708. The summed E-state index contributed by atoms with van der Waals surface area (Å²) in [5.74, 6) is 2.53. The number of nitrogens with one attached hydrogen (secondary N) is 1. The first-order chi connectivity index (χ1) is 12.3. The number of hydrogen-bond donors (Lipinski definition) is 1. The second-order valence-corrected chi connectivity index (χ2v) is 12.2. The van der Waals surface area contributed by atoms with E-state index in [2.05, 4.69) is 9.88 Å². The van der Waals surface area contributed by atoms with Crippen molar-refractivity contribution < 1.29 is 8.85 Å². The molecule has 1 N–H and O–H groups in total. The van der Waals surface area contributed by atoms with Gasteiger partial charge in [-0.2, -0.15) is 0 Å². The molecule has 5 heteroatoms. The molecule has 25 heavy (non-hydrogen) atoms. The standard InChI is InChI=1S/C20H38N2O2Si/c1-23-25(24-2,20-18-11-5-3-8-16(18)13-14-21-20)22-15-7-10-17-9-4-6-12-19(17)22/h16-21H,3-15H2,1-2H3. The molecule has 2 heterocycles. The Hall–Kier alpha value is 0.0569. The molecular weight excluding hydrogens is 328 g/mol. The lowest BCUT2D eigenvalue weighted by Crippen LogP contribution is -2.76. The third-order valence-electron chi connectivity index (χ3n) is 7.90. The minimum atomic E-state index is -2.44. The second-order valence-electron chi connectivity index (χ2n) is 8.92. The van der Waals surface area contributed by atoms with Crippen LogP contribution in [0.3, 0.4) is 0 Å². The van der Waals surface area contributed by atoms with Gasteiger partial charge in [0, 0.05) is 20.3 Å². The van der Waals surface area contributed by atoms with Crippen molar-refractivity contribution in [3.8, 4) is 0 Å². The molecule has 2 saturated carbocycles. The Morgan fingerprint density at radius 3 is 2.28 bits per heavy atom. The normalized spacial score (nSPS) is 40.3. The predicted octanol–water partition coefficient (Wildman–Crippen LogP) is 3.58. The highest BCUT2D eigenvalue weighted by atomic mass is 28.4. The summed E-state index contributed by atoms with van der Waals surface area (Å²) in [6.45, 7) is 2.33. The largest absolute Gasteiger partial charge is 0.445 e. The van der Waals surface area contributed by atoms with Crippen LogP contribution in [-0.2, 0) is 8.85 Å². The van der Waals surface area contributed by atoms with Gasteiger partial charge in [0.15, 0.2) is 0 Å². The molecule has 0 aromatic rings. The van der Waals surface area contributed by atoms with Gasteiger partial charge in [0.05, 0.1) is 5.67 Å². The molecule has 5 atom stereocenters. The van der Waals surface area contributed by atoms with Crippen molar-refractivity contribution >= 4 is 8.72 Å². The summed E-state index contributed by atoms with van der Waals surface area (Å²) in [4.78, 5) is 0. The molecular formula is C20H38N2O2Si. The van der Waals surface area contributed by atoms with Crippen molar-refractivity contribution in [1.82, 2.24) is 9.88 Å². The average molecular weight is 367 g/mol. The quantitative estimate of drug-likeness (QED) is 0.771. The van der Waals surface area contributed by atoms with Crippen LogP contribution in [0.1, 0.15) is 70.6 Å². The summed E-state index contributed by atoms with van der Waals surface area (Å²) in [6.07, 6.45) is 15.3. The minimum absolute atomic E-state index is 0.447. The van der Waals surface area contributed by atoms with Gasteiger partial charge in [-0.3, -0.25) is 4.57 Å². The Labute approximate surface area is 155 Å². The molecule has 2 saturated heterocycles. The maximum atomic E-state index is 6.44. The van der Waals surface area contributed by atoms with E-state index in [4.69, 9.17) is 8.85 Å². The second kappa shape index (κ2) is 7.97. The van der Waals surface area contributed by atoms with Crippen LogP contribution in [0.2, 0.25) is 0 Å². The SMILES string of the molecule is CO[Si](OC)(C1NCCC2CCCCC21)N1CCCC2CCCCC21. The van der Waals surface area contributed by atoms with Gasteiger partial charge < -0.3 is 14.2 Å². The number of hydrogen-bond acceptors (Lipinski definition) is 4. The number of piperidine rings is 2. The summed E-state index contributed by atoms with van der Waals surface area (Å²) >= 11 is 0. The number of rotatable bonds is 4. The van der Waals surface area contributed by atoms with E-state index in [9.17, 15) is 0 Å². The van der Waals surface area contributed by atoms with Gasteiger partial charge in [-0.15, -0.1) is 0 Å². The highest BCUT2D eigenvalue weighted by Gasteiger charge is 2.59. The van der Waals surface area contributed by atoms with Crippen LogP contribution in [0, 0.1) is 17.8 Å². The van der Waals surface area contributed by atoms with Crippen molar-refractivity contribution in [3.05, 3.63) is 0 Å². The third-order valence-corrected chi connectivity index (χ3v) is 11.8. The van der Waals surface area contributed by atoms with Crippen LogP contribution in [0.4, 0.5) is 0 Å². The van der Waals surface area contributed by atoms with Gasteiger partial charge in [-0.25, -0.2) is 0 Å². The third kappa shape index (κ3) is 3.24. The highest BCUT2D eigenvalue weighted by molar-refractivity contribution is 6.66. The van der Waals surface area contributed by atoms with E-state index in [1.54, 1.807) is 0 Å². The molecule has 4 rings (SSSR count). The van der Waals surface area contributed by atoms with Gasteiger partial charge in [-0.05, 0) is 69.4 Å². The van der Waals surface area contributed by atoms with Crippen molar-refractivity contribution in [1.29, 1.82) is 0 Å². The van der Waals surface area contributed by atoms with E-state index in [1.807, 2.05) is 14.2 Å². The lowest BCUT2D eigenvalue weighted by atomic mass is 9.75. The molecule has 0 aromatic carbocycles. The zero-order valence-corrected chi connectivity index (χ0v) is 17.3. The van der Waals surface area contributed by atoms with Crippen LogP contribution >= 0.6 is 0 Å². The zero-order valence-electron chi connectivity index (χ0n) is 16.3. The number of fused-ring (bicyclic) bond motifs is 2. The Balaban J connectivity index is 1.63. The van der Waals surface area contributed by atoms with Crippen LogP contribution in [0.5, 0.6) is 0 Å². The molecule has 4 nitrogen and oxygen atoms in total. The molecule has 144 valence electrons. The lowest BCUT2D eigenvalue weighted by molar-refractivity contribution is 0.0340. The minimum Gasteiger partial charge on any atom is -0.385 e. The van der Waals surface area contributed by atoms with E-state index in [0.717, 1.165) is 24.3 Å². The Kier molecular flexibility index (Phi) is 5.87. The summed E-state index contributed by atoms with van der Waals surface area (Å²) in [5, 5.41) is 3.92. The van der Waals surface area contributed by atoms with E-state index in [0.29, 0.717) is 11.7 Å². The topological polar surface area (TPSA) is 33.7 Å². The first-order valence-corrected chi connectivity index (χ1v) is 12.7. The zero-order chi connectivity index (χ0) is 17.3. The molecule has 0 aromatic heterocycles. The Bertz CT molecular complexity index is 405. The average Bonchev–Trinajstić information content (AvgIpc) is 2.69. The molecule has 0 radical (unpaired) electrons. The van der Waals surface area contributed by atoms with E-state index in [1.165, 1.54) is 77.2 Å². The summed E-state index contributed by atoms with van der Waals surface area (Å²) < 4.78 is 15.7. The van der Waals surface area contributed by atoms with Crippen molar-refractivity contribution in [3.63, 3.8) is 0 Å². The summed E-state index contributed by atoms with van der Waals surface area (Å²) in [7, 11) is 1.45. The van der Waals surface area contributed by atoms with Crippen molar-refractivity contribution in [2.24, 2.45) is 17.8 Å². The monoisotopic (exact) mass is 366 g/mol. The molecule has 2 aliphatic carbocycles. The first-order valence-electron chi connectivity index (χ1n) is 10.9. The Morgan fingerprint density at radius 2 is 1.48 bits per heavy atom. The fraction of sp³-hybridized carbons (Fsp3) is 1.00. The van der Waals surface area contributed by atoms with Crippen molar-refractivity contribution in [2.45, 2.75) is 82.3 Å². The van der Waals surface area contributed by atoms with Crippen molar-refractivity contribution in [2.75, 3.05) is 27.3 Å². The molecule has 0 spiro atoms. The highest BCUT2D eigenvalue weighted by Crippen LogP contribution is 2.44. The molecule has 4 fully saturated rings. The van der Waals surface area contributed by atoms with Gasteiger partial charge in [0.25, 0.3) is 0 Å². The van der Waals surface area contributed by atoms with Crippen LogP contribution < -0.4 is 5.32 Å². The maximum Gasteiger partial charge on any atom is 0.445 e.